The second-order valence-electron chi connectivity index (χ2n) is 7.03. The first-order chi connectivity index (χ1) is 13.6. The van der Waals surface area contributed by atoms with Crippen LogP contribution in [0.2, 0.25) is 0 Å². The first kappa shape index (κ1) is 16.7. The van der Waals surface area contributed by atoms with Crippen molar-refractivity contribution in [2.24, 2.45) is 0 Å². The molecule has 0 aliphatic carbocycles. The van der Waals surface area contributed by atoms with Crippen molar-refractivity contribution in [2.45, 2.75) is 19.5 Å². The first-order valence-electron chi connectivity index (χ1n) is 9.22. The number of nitrogens with zero attached hydrogens (tertiary/aromatic N) is 3. The number of hydrogen-bond donors (Lipinski definition) is 2. The molecule has 140 valence electrons. The molecule has 3 aromatic rings. The Hall–Kier alpha value is -3.48. The molecule has 2 aliphatic rings. The van der Waals surface area contributed by atoms with E-state index < -0.39 is 6.17 Å². The zero-order valence-electron chi connectivity index (χ0n) is 15.3. The molecule has 1 aromatic heterocycles. The number of rotatable bonds is 1. The molecule has 2 aromatic carbocycles. The number of guanidine groups is 1. The maximum atomic E-state index is 13.4. The lowest BCUT2D eigenvalue weighted by Gasteiger charge is -2.27. The Bertz CT molecular complexity index is 1170. The Labute approximate surface area is 161 Å². The average Bonchev–Trinajstić information content (AvgIpc) is 3.11. The van der Waals surface area contributed by atoms with Crippen LogP contribution in [0.3, 0.4) is 0 Å². The molecule has 7 heteroatoms. The molecule has 0 spiro atoms. The van der Waals surface area contributed by atoms with Crippen LogP contribution in [0.4, 0.5) is 16.0 Å². The van der Waals surface area contributed by atoms with Gasteiger partial charge in [-0.3, -0.25) is 10.1 Å². The van der Waals surface area contributed by atoms with E-state index >= 15 is 0 Å². The lowest BCUT2D eigenvalue weighted by atomic mass is 10.1. The van der Waals surface area contributed by atoms with Crippen LogP contribution in [-0.4, -0.2) is 26.6 Å². The van der Waals surface area contributed by atoms with Gasteiger partial charge in [0.2, 0.25) is 0 Å². The van der Waals surface area contributed by atoms with Crippen LogP contribution < -0.4 is 16.2 Å². The molecule has 3 heterocycles. The van der Waals surface area contributed by atoms with Gasteiger partial charge in [-0.15, -0.1) is 0 Å². The van der Waals surface area contributed by atoms with Crippen molar-refractivity contribution in [2.75, 3.05) is 11.9 Å². The Morgan fingerprint density at radius 1 is 1.18 bits per heavy atom. The minimum atomic E-state index is -0.486. The van der Waals surface area contributed by atoms with Gasteiger partial charge in [-0.2, -0.15) is 0 Å². The molecule has 5 rings (SSSR count). The number of aryl methyl sites for hydroxylation is 1. The second-order valence-corrected chi connectivity index (χ2v) is 7.03. The second kappa shape index (κ2) is 6.30. The van der Waals surface area contributed by atoms with Crippen LogP contribution in [0.5, 0.6) is 0 Å². The number of anilines is 1. The van der Waals surface area contributed by atoms with Gasteiger partial charge in [0.1, 0.15) is 11.5 Å². The highest BCUT2D eigenvalue weighted by molar-refractivity contribution is 5.91. The summed E-state index contributed by atoms with van der Waals surface area (Å²) in [5.41, 5.74) is 3.65. The first-order valence-corrected chi connectivity index (χ1v) is 9.22. The fourth-order valence-corrected chi connectivity index (χ4v) is 3.87. The summed E-state index contributed by atoms with van der Waals surface area (Å²) >= 11 is 0. The van der Waals surface area contributed by atoms with E-state index in [0.717, 1.165) is 30.2 Å². The third-order valence-electron chi connectivity index (χ3n) is 5.18. The molecule has 28 heavy (non-hydrogen) atoms. The normalized spacial score (nSPS) is 20.1. The standard InChI is InChI=1S/C21H18FN5O/c1-13-12-18(28)27-19(15-6-8-16(22)9-7-15)24-20(25-21(27)23-13)26-11-10-14-4-2-3-5-17(14)26/h2-9,12,19H,10-11H2,1H3,(H,23,24,25,28)/p+1/t19-/m0/s1. The van der Waals surface area contributed by atoms with Gasteiger partial charge in [-0.1, -0.05) is 30.3 Å². The predicted octanol–water partition coefficient (Wildman–Crippen LogP) is 2.51. The van der Waals surface area contributed by atoms with Crippen molar-refractivity contribution in [3.8, 4) is 0 Å². The number of hydrogen-bond acceptors (Lipinski definition) is 2. The van der Waals surface area contributed by atoms with E-state index in [-0.39, 0.29) is 11.4 Å². The maximum absolute atomic E-state index is 13.4. The molecule has 0 fully saturated rings. The highest BCUT2D eigenvalue weighted by Gasteiger charge is 2.35. The van der Waals surface area contributed by atoms with Crippen LogP contribution in [0.25, 0.3) is 0 Å². The lowest BCUT2D eigenvalue weighted by Crippen LogP contribution is -2.51. The average molecular weight is 376 g/mol. The van der Waals surface area contributed by atoms with Gasteiger partial charge in [0, 0.05) is 23.7 Å². The van der Waals surface area contributed by atoms with Crippen molar-refractivity contribution in [1.29, 1.82) is 0 Å². The summed E-state index contributed by atoms with van der Waals surface area (Å²) in [6, 6.07) is 15.9. The Morgan fingerprint density at radius 2 is 1.96 bits per heavy atom. The highest BCUT2D eigenvalue weighted by Crippen LogP contribution is 2.28. The molecular formula is C21H19FN5O+. The number of para-hydroxylation sites is 1. The van der Waals surface area contributed by atoms with Crippen molar-refractivity contribution in [3.63, 3.8) is 0 Å². The highest BCUT2D eigenvalue weighted by atomic mass is 19.1. The Balaban J connectivity index is 1.69. The van der Waals surface area contributed by atoms with E-state index in [2.05, 4.69) is 32.3 Å². The SMILES string of the molecule is Cc1cc(=O)n2c(n1)NC(=[N+]1CCc3ccccc31)N[C@@H]2c1ccc(F)cc1. The van der Waals surface area contributed by atoms with Gasteiger partial charge in [0.05, 0.1) is 6.54 Å². The van der Waals surface area contributed by atoms with Crippen LogP contribution >= 0.6 is 0 Å². The van der Waals surface area contributed by atoms with Gasteiger partial charge in [0.15, 0.2) is 6.17 Å². The molecule has 1 atom stereocenters. The van der Waals surface area contributed by atoms with E-state index in [9.17, 15) is 9.18 Å². The van der Waals surface area contributed by atoms with Crippen molar-refractivity contribution < 1.29 is 8.97 Å². The minimum Gasteiger partial charge on any atom is -0.269 e. The van der Waals surface area contributed by atoms with Gasteiger partial charge < -0.3 is 0 Å². The van der Waals surface area contributed by atoms with Gasteiger partial charge >= 0.3 is 5.96 Å². The molecule has 0 radical (unpaired) electrons. The molecular weight excluding hydrogens is 357 g/mol. The number of benzene rings is 2. The van der Waals surface area contributed by atoms with Crippen LogP contribution in [0.1, 0.15) is 23.0 Å². The van der Waals surface area contributed by atoms with E-state index in [1.54, 1.807) is 23.6 Å². The number of halogens is 1. The van der Waals surface area contributed by atoms with Crippen LogP contribution in [-0.2, 0) is 6.42 Å². The minimum absolute atomic E-state index is 0.169. The largest absolute Gasteiger partial charge is 0.360 e. The molecule has 0 bridgehead atoms. The van der Waals surface area contributed by atoms with E-state index in [1.165, 1.54) is 23.8 Å². The summed E-state index contributed by atoms with van der Waals surface area (Å²) in [5.74, 6) is 0.916. The van der Waals surface area contributed by atoms with Crippen LogP contribution in [0, 0.1) is 12.7 Å². The van der Waals surface area contributed by atoms with Gasteiger partial charge in [-0.05, 0) is 30.7 Å². The van der Waals surface area contributed by atoms with Crippen LogP contribution in [0.15, 0.2) is 59.4 Å². The summed E-state index contributed by atoms with van der Waals surface area (Å²) in [4.78, 5) is 17.2. The van der Waals surface area contributed by atoms with Crippen molar-refractivity contribution in [1.82, 2.24) is 14.9 Å². The molecule has 0 saturated heterocycles. The topological polar surface area (TPSA) is 62.0 Å². The summed E-state index contributed by atoms with van der Waals surface area (Å²) in [6.07, 6.45) is 0.457. The Kier molecular flexibility index (Phi) is 3.75. The monoisotopic (exact) mass is 376 g/mol. The molecule has 0 amide bonds. The summed E-state index contributed by atoms with van der Waals surface area (Å²) in [5, 5.41) is 6.70. The third kappa shape index (κ3) is 2.67. The zero-order valence-corrected chi connectivity index (χ0v) is 15.3. The molecule has 0 unspecified atom stereocenters. The zero-order chi connectivity index (χ0) is 19.3. The van der Waals surface area contributed by atoms with E-state index in [1.807, 2.05) is 12.1 Å². The summed E-state index contributed by atoms with van der Waals surface area (Å²) in [7, 11) is 0. The molecule has 0 saturated carbocycles. The smallest absolute Gasteiger partial charge is 0.269 e. The number of fused-ring (bicyclic) bond motifs is 2. The molecule has 2 N–H and O–H groups in total. The Morgan fingerprint density at radius 3 is 2.79 bits per heavy atom. The van der Waals surface area contributed by atoms with E-state index in [0.29, 0.717) is 11.6 Å². The number of aromatic nitrogens is 2. The summed E-state index contributed by atoms with van der Waals surface area (Å²) < 4.78 is 17.2. The molecule has 2 aliphatic heterocycles. The predicted molar refractivity (Wildman–Crippen MR) is 104 cm³/mol. The number of nitrogens with one attached hydrogen (secondary N) is 2. The lowest BCUT2D eigenvalue weighted by molar-refractivity contribution is -0.432. The van der Waals surface area contributed by atoms with Crippen molar-refractivity contribution >= 4 is 17.6 Å². The van der Waals surface area contributed by atoms with Gasteiger partial charge in [-0.25, -0.2) is 23.8 Å². The summed E-state index contributed by atoms with van der Waals surface area (Å²) in [6.45, 7) is 2.62. The maximum Gasteiger partial charge on any atom is 0.360 e. The van der Waals surface area contributed by atoms with Gasteiger partial charge in [0.25, 0.3) is 11.5 Å². The quantitative estimate of drug-likeness (QED) is 0.641. The molecule has 6 nitrogen and oxygen atoms in total. The van der Waals surface area contributed by atoms with Crippen molar-refractivity contribution in [3.05, 3.63) is 87.6 Å². The fraction of sp³-hybridized carbons (Fsp3) is 0.190. The third-order valence-corrected chi connectivity index (χ3v) is 5.18. The fourth-order valence-electron chi connectivity index (χ4n) is 3.87. The van der Waals surface area contributed by atoms with E-state index in [4.69, 9.17) is 0 Å².